The van der Waals surface area contributed by atoms with E-state index >= 15 is 0 Å². The molecule has 0 aliphatic rings. The molecule has 9 heteroatoms. The summed E-state index contributed by atoms with van der Waals surface area (Å²) >= 11 is 0. The highest BCUT2D eigenvalue weighted by Crippen LogP contribution is 2.37. The summed E-state index contributed by atoms with van der Waals surface area (Å²) in [6, 6.07) is 9.14. The van der Waals surface area contributed by atoms with Crippen LogP contribution in [-0.2, 0) is 4.79 Å². The fourth-order valence-electron chi connectivity index (χ4n) is 2.53. The number of nitrogens with one attached hydrogen (secondary N) is 2. The van der Waals surface area contributed by atoms with E-state index in [0.29, 0.717) is 34.1 Å². The summed E-state index contributed by atoms with van der Waals surface area (Å²) in [7, 11) is 6.07. The van der Waals surface area contributed by atoms with E-state index in [1.807, 2.05) is 0 Å². The summed E-state index contributed by atoms with van der Waals surface area (Å²) in [5.74, 6) is 1.17. The molecule has 0 fully saturated rings. The van der Waals surface area contributed by atoms with E-state index in [9.17, 15) is 9.59 Å². The Morgan fingerprint density at radius 1 is 0.933 bits per heavy atom. The Hall–Kier alpha value is -3.75. The topological polar surface area (TPSA) is 107 Å². The van der Waals surface area contributed by atoms with Crippen molar-refractivity contribution < 1.29 is 28.5 Å². The van der Waals surface area contributed by atoms with Crippen molar-refractivity contribution in [1.29, 1.82) is 0 Å². The van der Waals surface area contributed by atoms with Crippen molar-refractivity contribution in [3.8, 4) is 23.0 Å². The number of benzene rings is 2. The minimum Gasteiger partial charge on any atom is -0.497 e. The van der Waals surface area contributed by atoms with Gasteiger partial charge in [0, 0.05) is 11.1 Å². The predicted molar refractivity (Wildman–Crippen MR) is 112 cm³/mol. The number of methoxy groups -OCH3 is 4. The molecule has 0 aliphatic carbocycles. The second kappa shape index (κ2) is 10.7. The number of hydrazone groups is 1. The van der Waals surface area contributed by atoms with Gasteiger partial charge in [-0.3, -0.25) is 9.59 Å². The number of hydrogen-bond donors (Lipinski definition) is 2. The van der Waals surface area contributed by atoms with Crippen molar-refractivity contribution in [2.24, 2.45) is 5.10 Å². The Kier molecular flexibility index (Phi) is 8.04. The van der Waals surface area contributed by atoms with Gasteiger partial charge in [-0.15, -0.1) is 0 Å². The van der Waals surface area contributed by atoms with Crippen molar-refractivity contribution in [3.05, 3.63) is 47.5 Å². The van der Waals surface area contributed by atoms with Gasteiger partial charge in [-0.2, -0.15) is 5.10 Å². The molecule has 0 saturated carbocycles. The highest BCUT2D eigenvalue weighted by atomic mass is 16.5. The van der Waals surface area contributed by atoms with E-state index in [2.05, 4.69) is 15.8 Å². The van der Waals surface area contributed by atoms with Crippen LogP contribution in [0.5, 0.6) is 23.0 Å². The van der Waals surface area contributed by atoms with Gasteiger partial charge in [-0.1, -0.05) is 0 Å². The maximum Gasteiger partial charge on any atom is 0.262 e. The van der Waals surface area contributed by atoms with Gasteiger partial charge in [0.25, 0.3) is 11.8 Å². The molecule has 0 saturated heterocycles. The molecule has 2 aromatic carbocycles. The van der Waals surface area contributed by atoms with E-state index in [0.717, 1.165) is 0 Å². The van der Waals surface area contributed by atoms with Gasteiger partial charge in [0.05, 0.1) is 34.7 Å². The van der Waals surface area contributed by atoms with Gasteiger partial charge < -0.3 is 24.3 Å². The number of ether oxygens (including phenoxy) is 4. The minimum absolute atomic E-state index is 0.381. The second-order valence-electron chi connectivity index (χ2n) is 6.12. The SMILES string of the molecule is COc1ccc(C(=O)NC(C)C(=O)NN=Cc2cc(OC)c(OC)c(OC)c2)cc1. The Morgan fingerprint density at radius 3 is 2.03 bits per heavy atom. The first kappa shape index (κ1) is 22.5. The quantitative estimate of drug-likeness (QED) is 0.479. The van der Waals surface area contributed by atoms with E-state index in [1.54, 1.807) is 50.4 Å². The Labute approximate surface area is 175 Å². The van der Waals surface area contributed by atoms with Crippen LogP contribution >= 0.6 is 0 Å². The first-order valence-electron chi connectivity index (χ1n) is 9.01. The van der Waals surface area contributed by atoms with Crippen LogP contribution in [0.4, 0.5) is 0 Å². The summed E-state index contributed by atoms with van der Waals surface area (Å²) in [5.41, 5.74) is 3.43. The number of carbonyl (C=O) groups is 2. The van der Waals surface area contributed by atoms with Gasteiger partial charge in [0.1, 0.15) is 11.8 Å². The third-order valence-electron chi connectivity index (χ3n) is 4.17. The molecule has 9 nitrogen and oxygen atoms in total. The van der Waals surface area contributed by atoms with Gasteiger partial charge >= 0.3 is 0 Å². The van der Waals surface area contributed by atoms with Crippen molar-refractivity contribution >= 4 is 18.0 Å². The van der Waals surface area contributed by atoms with Crippen molar-refractivity contribution in [2.75, 3.05) is 28.4 Å². The molecular weight excluding hydrogens is 390 g/mol. The normalized spacial score (nSPS) is 11.5. The fraction of sp³-hybridized carbons (Fsp3) is 0.286. The zero-order valence-electron chi connectivity index (χ0n) is 17.5. The Morgan fingerprint density at radius 2 is 1.53 bits per heavy atom. The van der Waals surface area contributed by atoms with Gasteiger partial charge in [0.2, 0.25) is 5.75 Å². The zero-order valence-corrected chi connectivity index (χ0v) is 17.5. The highest BCUT2D eigenvalue weighted by molar-refractivity contribution is 5.97. The number of carbonyl (C=O) groups excluding carboxylic acids is 2. The lowest BCUT2D eigenvalue weighted by atomic mass is 10.2. The lowest BCUT2D eigenvalue weighted by Gasteiger charge is -2.13. The molecule has 2 rings (SSSR count). The molecule has 0 spiro atoms. The highest BCUT2D eigenvalue weighted by Gasteiger charge is 2.16. The molecule has 160 valence electrons. The van der Waals surface area contributed by atoms with E-state index < -0.39 is 11.9 Å². The van der Waals surface area contributed by atoms with E-state index in [4.69, 9.17) is 18.9 Å². The summed E-state index contributed by atoms with van der Waals surface area (Å²) in [6.07, 6.45) is 1.43. The molecule has 2 N–H and O–H groups in total. The molecule has 0 aromatic heterocycles. The molecule has 0 aliphatic heterocycles. The minimum atomic E-state index is -0.795. The van der Waals surface area contributed by atoms with Crippen LogP contribution in [0.3, 0.4) is 0 Å². The summed E-state index contributed by atoms with van der Waals surface area (Å²) < 4.78 is 20.9. The summed E-state index contributed by atoms with van der Waals surface area (Å²) in [6.45, 7) is 1.56. The predicted octanol–water partition coefficient (Wildman–Crippen LogP) is 1.99. The molecule has 0 bridgehead atoms. The standard InChI is InChI=1S/C21H25N3O6/c1-13(23-21(26)15-6-8-16(27-2)9-7-15)20(25)24-22-12-14-10-17(28-3)19(30-5)18(11-14)29-4/h6-13H,1-5H3,(H,23,26)(H,24,25). The largest absolute Gasteiger partial charge is 0.497 e. The van der Waals surface area contributed by atoms with Crippen LogP contribution in [0.15, 0.2) is 41.5 Å². The number of hydrogen-bond acceptors (Lipinski definition) is 7. The molecule has 0 radical (unpaired) electrons. The van der Waals surface area contributed by atoms with Gasteiger partial charge in [-0.25, -0.2) is 5.43 Å². The monoisotopic (exact) mass is 415 g/mol. The van der Waals surface area contributed by atoms with Crippen LogP contribution in [0.2, 0.25) is 0 Å². The molecule has 1 atom stereocenters. The van der Waals surface area contributed by atoms with Crippen molar-refractivity contribution in [2.45, 2.75) is 13.0 Å². The lowest BCUT2D eigenvalue weighted by molar-refractivity contribution is -0.122. The maximum atomic E-state index is 12.2. The molecule has 2 amide bonds. The Balaban J connectivity index is 1.98. The molecule has 1 unspecified atom stereocenters. The number of rotatable bonds is 9. The van der Waals surface area contributed by atoms with Crippen molar-refractivity contribution in [1.82, 2.24) is 10.7 Å². The van der Waals surface area contributed by atoms with Gasteiger partial charge in [0.15, 0.2) is 11.5 Å². The first-order valence-corrected chi connectivity index (χ1v) is 9.01. The van der Waals surface area contributed by atoms with Crippen LogP contribution in [0.25, 0.3) is 0 Å². The third kappa shape index (κ3) is 5.63. The average molecular weight is 415 g/mol. The molecular formula is C21H25N3O6. The van der Waals surface area contributed by atoms with Crippen LogP contribution in [0, 0.1) is 0 Å². The average Bonchev–Trinajstić information content (AvgIpc) is 2.77. The number of amides is 2. The summed E-state index contributed by atoms with van der Waals surface area (Å²) in [5, 5.41) is 6.54. The molecule has 30 heavy (non-hydrogen) atoms. The molecule has 0 heterocycles. The second-order valence-corrected chi connectivity index (χ2v) is 6.12. The fourth-order valence-corrected chi connectivity index (χ4v) is 2.53. The smallest absolute Gasteiger partial charge is 0.262 e. The Bertz CT molecular complexity index is 886. The molecule has 2 aromatic rings. The van der Waals surface area contributed by atoms with Crippen LogP contribution < -0.4 is 29.7 Å². The maximum absolute atomic E-state index is 12.2. The van der Waals surface area contributed by atoms with Crippen molar-refractivity contribution in [3.63, 3.8) is 0 Å². The number of nitrogens with zero attached hydrogens (tertiary/aromatic N) is 1. The van der Waals surface area contributed by atoms with E-state index in [1.165, 1.54) is 27.5 Å². The van der Waals surface area contributed by atoms with Crippen LogP contribution in [0.1, 0.15) is 22.8 Å². The summed E-state index contributed by atoms with van der Waals surface area (Å²) in [4.78, 5) is 24.5. The lowest BCUT2D eigenvalue weighted by Crippen LogP contribution is -2.43. The first-order chi connectivity index (χ1) is 14.4. The van der Waals surface area contributed by atoms with Gasteiger partial charge in [-0.05, 0) is 43.3 Å². The zero-order chi connectivity index (χ0) is 22.1. The van der Waals surface area contributed by atoms with Crippen LogP contribution in [-0.4, -0.2) is 52.5 Å². The third-order valence-corrected chi connectivity index (χ3v) is 4.17. The van der Waals surface area contributed by atoms with E-state index in [-0.39, 0.29) is 5.91 Å².